The number of aromatic nitrogens is 2. The molecule has 88 valence electrons. The van der Waals surface area contributed by atoms with Crippen LogP contribution in [0.15, 0.2) is 12.4 Å². The Kier molecular flexibility index (Phi) is 3.96. The predicted molar refractivity (Wildman–Crippen MR) is 65.9 cm³/mol. The summed E-state index contributed by atoms with van der Waals surface area (Å²) in [6, 6.07) is 0. The van der Waals surface area contributed by atoms with E-state index in [9.17, 15) is 0 Å². The number of rotatable bonds is 3. The third-order valence-electron chi connectivity index (χ3n) is 2.93. The molecule has 2 heterocycles. The largest absolute Gasteiger partial charge is 0.355 e. The van der Waals surface area contributed by atoms with Crippen LogP contribution in [0.3, 0.4) is 0 Å². The van der Waals surface area contributed by atoms with Crippen LogP contribution in [0.2, 0.25) is 5.15 Å². The van der Waals surface area contributed by atoms with E-state index in [-0.39, 0.29) is 0 Å². The summed E-state index contributed by atoms with van der Waals surface area (Å²) in [5, 5.41) is 3.70. The Balaban J connectivity index is 2.03. The fraction of sp³-hybridized carbons (Fsp3) is 0.636. The van der Waals surface area contributed by atoms with Crippen LogP contribution in [0.5, 0.6) is 0 Å². The SMILES string of the molecule is CNCC1CCCN(c2cncc(Cl)n2)C1. The molecule has 0 bridgehead atoms. The molecular weight excluding hydrogens is 224 g/mol. The van der Waals surface area contributed by atoms with Crippen molar-refractivity contribution in [2.45, 2.75) is 12.8 Å². The normalized spacial score (nSPS) is 21.1. The van der Waals surface area contributed by atoms with Gasteiger partial charge in [0.05, 0.1) is 12.4 Å². The molecule has 1 unspecified atom stereocenters. The molecule has 1 atom stereocenters. The van der Waals surface area contributed by atoms with Gasteiger partial charge in [0.25, 0.3) is 0 Å². The van der Waals surface area contributed by atoms with Crippen LogP contribution in [0, 0.1) is 5.92 Å². The van der Waals surface area contributed by atoms with Gasteiger partial charge in [-0.1, -0.05) is 11.6 Å². The van der Waals surface area contributed by atoms with Crippen molar-refractivity contribution in [2.75, 3.05) is 31.6 Å². The molecule has 2 rings (SSSR count). The Bertz CT molecular complexity index is 343. The summed E-state index contributed by atoms with van der Waals surface area (Å²) in [7, 11) is 2.00. The molecule has 5 heteroatoms. The molecular formula is C11H17ClN4. The van der Waals surface area contributed by atoms with Crippen LogP contribution in [-0.4, -0.2) is 36.6 Å². The molecule has 0 aromatic carbocycles. The first kappa shape index (κ1) is 11.6. The minimum atomic E-state index is 0.466. The van der Waals surface area contributed by atoms with Crippen LogP contribution in [0.25, 0.3) is 0 Å². The second-order valence-electron chi connectivity index (χ2n) is 4.21. The Morgan fingerprint density at radius 3 is 3.19 bits per heavy atom. The van der Waals surface area contributed by atoms with E-state index in [0.29, 0.717) is 11.1 Å². The average molecular weight is 241 g/mol. The number of hydrogen-bond donors (Lipinski definition) is 1. The van der Waals surface area contributed by atoms with Gasteiger partial charge in [-0.15, -0.1) is 0 Å². The number of halogens is 1. The number of anilines is 1. The quantitative estimate of drug-likeness (QED) is 0.871. The van der Waals surface area contributed by atoms with Gasteiger partial charge >= 0.3 is 0 Å². The Morgan fingerprint density at radius 1 is 1.56 bits per heavy atom. The summed E-state index contributed by atoms with van der Waals surface area (Å²) in [5.74, 6) is 1.59. The number of hydrogen-bond acceptors (Lipinski definition) is 4. The third kappa shape index (κ3) is 2.83. The van der Waals surface area contributed by atoms with Crippen molar-refractivity contribution in [2.24, 2.45) is 5.92 Å². The highest BCUT2D eigenvalue weighted by molar-refractivity contribution is 6.29. The lowest BCUT2D eigenvalue weighted by atomic mass is 9.98. The molecule has 1 N–H and O–H groups in total. The summed E-state index contributed by atoms with van der Waals surface area (Å²) in [6.07, 6.45) is 5.85. The highest BCUT2D eigenvalue weighted by Crippen LogP contribution is 2.21. The molecule has 0 radical (unpaired) electrons. The van der Waals surface area contributed by atoms with Crippen molar-refractivity contribution in [3.63, 3.8) is 0 Å². The third-order valence-corrected chi connectivity index (χ3v) is 3.11. The van der Waals surface area contributed by atoms with E-state index in [1.807, 2.05) is 7.05 Å². The maximum absolute atomic E-state index is 5.85. The lowest BCUT2D eigenvalue weighted by Crippen LogP contribution is -2.39. The summed E-state index contributed by atoms with van der Waals surface area (Å²) in [4.78, 5) is 10.6. The molecule has 1 aromatic heterocycles. The summed E-state index contributed by atoms with van der Waals surface area (Å²) >= 11 is 5.85. The number of nitrogens with one attached hydrogen (secondary N) is 1. The molecule has 1 aliphatic rings. The Labute approximate surface area is 101 Å². The molecule has 16 heavy (non-hydrogen) atoms. The molecule has 0 amide bonds. The maximum atomic E-state index is 5.85. The summed E-state index contributed by atoms with van der Waals surface area (Å²) in [5.41, 5.74) is 0. The van der Waals surface area contributed by atoms with Crippen molar-refractivity contribution in [1.82, 2.24) is 15.3 Å². The molecule has 1 fully saturated rings. The molecule has 1 aromatic rings. The Hall–Kier alpha value is -0.870. The first-order valence-corrected chi connectivity index (χ1v) is 6.04. The van der Waals surface area contributed by atoms with Crippen LogP contribution in [-0.2, 0) is 0 Å². The van der Waals surface area contributed by atoms with Crippen molar-refractivity contribution < 1.29 is 0 Å². The van der Waals surface area contributed by atoms with E-state index in [4.69, 9.17) is 11.6 Å². The van der Waals surface area contributed by atoms with E-state index >= 15 is 0 Å². The molecule has 0 saturated carbocycles. The van der Waals surface area contributed by atoms with Gasteiger partial charge in [0, 0.05) is 13.1 Å². The standard InChI is InChI=1S/C11H17ClN4/c1-13-5-9-3-2-4-16(8-9)11-7-14-6-10(12)15-11/h6-7,9,13H,2-5,8H2,1H3. The molecule has 0 aliphatic carbocycles. The van der Waals surface area contributed by atoms with E-state index < -0.39 is 0 Å². The number of nitrogens with zero attached hydrogens (tertiary/aromatic N) is 3. The van der Waals surface area contributed by atoms with E-state index in [1.165, 1.54) is 12.8 Å². The van der Waals surface area contributed by atoms with Crippen molar-refractivity contribution in [3.8, 4) is 0 Å². The maximum Gasteiger partial charge on any atom is 0.149 e. The topological polar surface area (TPSA) is 41.0 Å². The van der Waals surface area contributed by atoms with Gasteiger partial charge < -0.3 is 10.2 Å². The molecule has 0 spiro atoms. The zero-order valence-electron chi connectivity index (χ0n) is 9.49. The summed E-state index contributed by atoms with van der Waals surface area (Å²) in [6.45, 7) is 3.15. The summed E-state index contributed by atoms with van der Waals surface area (Å²) < 4.78 is 0. The Morgan fingerprint density at radius 2 is 2.44 bits per heavy atom. The molecule has 1 aliphatic heterocycles. The van der Waals surface area contributed by atoms with Crippen LogP contribution in [0.4, 0.5) is 5.82 Å². The second-order valence-corrected chi connectivity index (χ2v) is 4.60. The first-order chi connectivity index (χ1) is 7.79. The van der Waals surface area contributed by atoms with Gasteiger partial charge in [0.15, 0.2) is 0 Å². The van der Waals surface area contributed by atoms with Crippen molar-refractivity contribution >= 4 is 17.4 Å². The van der Waals surface area contributed by atoms with Gasteiger partial charge in [0.1, 0.15) is 11.0 Å². The van der Waals surface area contributed by atoms with Crippen LogP contribution >= 0.6 is 11.6 Å². The van der Waals surface area contributed by atoms with Gasteiger partial charge in [0.2, 0.25) is 0 Å². The van der Waals surface area contributed by atoms with E-state index in [0.717, 1.165) is 25.5 Å². The second kappa shape index (κ2) is 5.46. The zero-order valence-corrected chi connectivity index (χ0v) is 10.2. The average Bonchev–Trinajstić information content (AvgIpc) is 2.30. The highest BCUT2D eigenvalue weighted by Gasteiger charge is 2.20. The lowest BCUT2D eigenvalue weighted by molar-refractivity contribution is 0.401. The van der Waals surface area contributed by atoms with E-state index in [1.54, 1.807) is 12.4 Å². The minimum absolute atomic E-state index is 0.466. The highest BCUT2D eigenvalue weighted by atomic mass is 35.5. The van der Waals surface area contributed by atoms with Crippen LogP contribution in [0.1, 0.15) is 12.8 Å². The van der Waals surface area contributed by atoms with Crippen LogP contribution < -0.4 is 10.2 Å². The van der Waals surface area contributed by atoms with Crippen molar-refractivity contribution in [1.29, 1.82) is 0 Å². The smallest absolute Gasteiger partial charge is 0.149 e. The zero-order chi connectivity index (χ0) is 11.4. The fourth-order valence-electron chi connectivity index (χ4n) is 2.21. The van der Waals surface area contributed by atoms with Gasteiger partial charge in [-0.3, -0.25) is 4.98 Å². The monoisotopic (exact) mass is 240 g/mol. The van der Waals surface area contributed by atoms with Gasteiger partial charge in [-0.05, 0) is 32.4 Å². The first-order valence-electron chi connectivity index (χ1n) is 5.66. The van der Waals surface area contributed by atoms with Gasteiger partial charge in [-0.2, -0.15) is 0 Å². The molecule has 1 saturated heterocycles. The molecule has 4 nitrogen and oxygen atoms in total. The van der Waals surface area contributed by atoms with Crippen molar-refractivity contribution in [3.05, 3.63) is 17.5 Å². The lowest BCUT2D eigenvalue weighted by Gasteiger charge is -2.33. The fourth-order valence-corrected chi connectivity index (χ4v) is 2.36. The van der Waals surface area contributed by atoms with E-state index in [2.05, 4.69) is 20.2 Å². The minimum Gasteiger partial charge on any atom is -0.355 e. The predicted octanol–water partition coefficient (Wildman–Crippen LogP) is 1.57. The van der Waals surface area contributed by atoms with Gasteiger partial charge in [-0.25, -0.2) is 4.98 Å². The number of piperidine rings is 1.